The Morgan fingerprint density at radius 1 is 1.16 bits per heavy atom. The standard InChI is InChI=1S/C39H51N3O7S/c1-7-9-10-11-12-13-25(3)35(44)42-24-38(17-16-29-30-20-28(48-6)14-15-31(30)40-26(4)34(29)49-38)22-32(42)33(43)23-39(21-27(39)8-2)36(45)41-50(46,47)37(5)18-19-37/h7-8,14-15,20,25,27,32H,1-2,9-13,16-19,21-24H2,3-6H3,(H,41,45)/t25-,27+,32-,38+,39+/m0/s1. The van der Waals surface area contributed by atoms with Crippen LogP contribution in [0.1, 0.15) is 95.7 Å². The molecule has 1 aromatic heterocycles. The fourth-order valence-corrected chi connectivity index (χ4v) is 9.34. The fourth-order valence-electron chi connectivity index (χ4n) is 8.01. The monoisotopic (exact) mass is 705 g/mol. The maximum absolute atomic E-state index is 14.4. The minimum Gasteiger partial charge on any atom is -0.497 e. The number of benzene rings is 1. The zero-order chi connectivity index (χ0) is 36.1. The topological polar surface area (TPSA) is 132 Å². The number of aromatic nitrogens is 1. The van der Waals surface area contributed by atoms with Gasteiger partial charge < -0.3 is 14.4 Å². The van der Waals surface area contributed by atoms with Gasteiger partial charge >= 0.3 is 0 Å². The van der Waals surface area contributed by atoms with Crippen molar-refractivity contribution < 1.29 is 32.3 Å². The summed E-state index contributed by atoms with van der Waals surface area (Å²) in [6.07, 6.45) is 10.7. The number of allylic oxidation sites excluding steroid dienone is 2. The highest BCUT2D eigenvalue weighted by atomic mass is 32.2. The Balaban J connectivity index is 1.27. The number of likely N-dealkylation sites (tertiary alicyclic amines) is 1. The number of sulfonamides is 1. The summed E-state index contributed by atoms with van der Waals surface area (Å²) in [4.78, 5) is 48.8. The zero-order valence-electron chi connectivity index (χ0n) is 29.9. The number of carbonyl (C=O) groups is 3. The third-order valence-electron chi connectivity index (χ3n) is 11.8. The Kier molecular flexibility index (Phi) is 9.69. The van der Waals surface area contributed by atoms with Crippen molar-refractivity contribution in [2.24, 2.45) is 17.3 Å². The van der Waals surface area contributed by atoms with Crippen LogP contribution in [0, 0.1) is 24.2 Å². The van der Waals surface area contributed by atoms with Gasteiger partial charge in [-0.2, -0.15) is 0 Å². The Morgan fingerprint density at radius 2 is 1.92 bits per heavy atom. The normalized spacial score (nSPS) is 26.8. The summed E-state index contributed by atoms with van der Waals surface area (Å²) >= 11 is 0. The molecular formula is C39H51N3O7S. The van der Waals surface area contributed by atoms with Crippen molar-refractivity contribution in [1.29, 1.82) is 0 Å². The number of pyridine rings is 1. The molecule has 0 unspecified atom stereocenters. The number of methoxy groups -OCH3 is 1. The van der Waals surface area contributed by atoms with Gasteiger partial charge in [0, 0.05) is 29.7 Å². The number of hydrogen-bond donors (Lipinski definition) is 1. The van der Waals surface area contributed by atoms with Gasteiger partial charge in [0.25, 0.3) is 0 Å². The summed E-state index contributed by atoms with van der Waals surface area (Å²) in [7, 11) is -2.26. The molecule has 3 fully saturated rings. The van der Waals surface area contributed by atoms with Gasteiger partial charge in [-0.15, -0.1) is 13.2 Å². The zero-order valence-corrected chi connectivity index (χ0v) is 30.7. The minimum absolute atomic E-state index is 0.102. The molecule has 4 aliphatic rings. The third-order valence-corrected chi connectivity index (χ3v) is 13.9. The first-order valence-corrected chi connectivity index (χ1v) is 19.5. The largest absolute Gasteiger partial charge is 0.497 e. The van der Waals surface area contributed by atoms with Crippen LogP contribution in [0.4, 0.5) is 0 Å². The maximum atomic E-state index is 14.4. The lowest BCUT2D eigenvalue weighted by Crippen LogP contribution is -2.47. The number of carbonyl (C=O) groups excluding carboxylic acids is 3. The van der Waals surface area contributed by atoms with Gasteiger partial charge in [0.2, 0.25) is 21.8 Å². The van der Waals surface area contributed by atoms with E-state index in [1.54, 1.807) is 25.0 Å². The number of rotatable bonds is 15. The van der Waals surface area contributed by atoms with E-state index in [0.29, 0.717) is 44.3 Å². The number of ketones is 1. The summed E-state index contributed by atoms with van der Waals surface area (Å²) in [6, 6.07) is 4.98. The van der Waals surface area contributed by atoms with Crippen LogP contribution in [-0.2, 0) is 30.8 Å². The molecule has 2 saturated carbocycles. The molecule has 1 spiro atoms. The van der Waals surface area contributed by atoms with E-state index in [-0.39, 0.29) is 42.9 Å². The molecule has 2 amide bonds. The van der Waals surface area contributed by atoms with E-state index in [0.717, 1.165) is 53.6 Å². The van der Waals surface area contributed by atoms with Crippen LogP contribution in [0.3, 0.4) is 0 Å². The van der Waals surface area contributed by atoms with Gasteiger partial charge in [-0.3, -0.25) is 19.1 Å². The van der Waals surface area contributed by atoms with E-state index in [2.05, 4.69) is 17.9 Å². The van der Waals surface area contributed by atoms with E-state index in [9.17, 15) is 22.8 Å². The summed E-state index contributed by atoms with van der Waals surface area (Å²) in [5, 5.41) is 0.954. The number of ether oxygens (including phenoxy) is 2. The lowest BCUT2D eigenvalue weighted by Gasteiger charge is -2.36. The molecule has 5 atom stereocenters. The molecule has 1 N–H and O–H groups in total. The Hall–Kier alpha value is -3.73. The lowest BCUT2D eigenvalue weighted by atomic mass is 9.85. The molecule has 6 rings (SSSR count). The molecule has 3 heterocycles. The molecule has 2 aliphatic carbocycles. The summed E-state index contributed by atoms with van der Waals surface area (Å²) in [5.41, 5.74) is 0.599. The number of nitrogens with zero attached hydrogens (tertiary/aromatic N) is 2. The third kappa shape index (κ3) is 6.58. The highest BCUT2D eigenvalue weighted by Crippen LogP contribution is 2.57. The molecule has 0 radical (unpaired) electrons. The van der Waals surface area contributed by atoms with Gasteiger partial charge in [-0.1, -0.05) is 31.9 Å². The number of hydrogen-bond acceptors (Lipinski definition) is 8. The minimum atomic E-state index is -3.89. The molecule has 0 bridgehead atoms. The van der Waals surface area contributed by atoms with E-state index in [4.69, 9.17) is 14.5 Å². The van der Waals surface area contributed by atoms with Crippen LogP contribution in [0.15, 0.2) is 43.5 Å². The number of amides is 2. The molecular weight excluding hydrogens is 655 g/mol. The van der Waals surface area contributed by atoms with Gasteiger partial charge in [0.05, 0.1) is 41.1 Å². The number of Topliss-reactive ketones (excluding diaryl/α,β-unsaturated/α-hetero) is 1. The summed E-state index contributed by atoms with van der Waals surface area (Å²) in [5.74, 6) is -0.249. The number of aryl methyl sites for hydroxylation is 2. The Labute approximate surface area is 296 Å². The average Bonchev–Trinajstić information content (AvgIpc) is 3.99. The first-order chi connectivity index (χ1) is 23.7. The molecule has 50 heavy (non-hydrogen) atoms. The van der Waals surface area contributed by atoms with Crippen molar-refractivity contribution in [3.05, 3.63) is 54.8 Å². The summed E-state index contributed by atoms with van der Waals surface area (Å²) < 4.78 is 39.7. The summed E-state index contributed by atoms with van der Waals surface area (Å²) in [6.45, 7) is 13.4. The molecule has 2 aliphatic heterocycles. The van der Waals surface area contributed by atoms with Gasteiger partial charge in [-0.25, -0.2) is 13.4 Å². The lowest BCUT2D eigenvalue weighted by molar-refractivity contribution is -0.142. The van der Waals surface area contributed by atoms with Gasteiger partial charge in [0.1, 0.15) is 17.1 Å². The van der Waals surface area contributed by atoms with Crippen LogP contribution >= 0.6 is 0 Å². The SMILES string of the molecule is C=CCCCCC[C@H](C)C(=O)N1C[C@@]2(CCc3c(c(C)nc4ccc(OC)cc34)O2)C[C@H]1C(=O)C[C@]1(C(=O)NS(=O)(=O)C2(C)CC2)C[C@H]1C=C. The molecule has 270 valence electrons. The predicted octanol–water partition coefficient (Wildman–Crippen LogP) is 6.14. The smallest absolute Gasteiger partial charge is 0.240 e. The van der Waals surface area contributed by atoms with Gasteiger partial charge in [0.15, 0.2) is 5.78 Å². The van der Waals surface area contributed by atoms with E-state index in [1.165, 1.54) is 0 Å². The second kappa shape index (κ2) is 13.4. The van der Waals surface area contributed by atoms with Crippen LogP contribution in [-0.4, -0.2) is 65.9 Å². The van der Waals surface area contributed by atoms with E-state index in [1.807, 2.05) is 38.1 Å². The highest BCUT2D eigenvalue weighted by Gasteiger charge is 2.63. The second-order valence-corrected chi connectivity index (χ2v) is 17.6. The van der Waals surface area contributed by atoms with Crippen LogP contribution in [0.5, 0.6) is 11.5 Å². The highest BCUT2D eigenvalue weighted by molar-refractivity contribution is 7.91. The predicted molar refractivity (Wildman–Crippen MR) is 192 cm³/mol. The first kappa shape index (κ1) is 36.1. The Bertz CT molecular complexity index is 1840. The number of fused-ring (bicyclic) bond motifs is 3. The van der Waals surface area contributed by atoms with Crippen molar-refractivity contribution in [3.63, 3.8) is 0 Å². The molecule has 11 heteroatoms. The number of unbranched alkanes of at least 4 members (excludes halogenated alkanes) is 3. The molecule has 10 nitrogen and oxygen atoms in total. The van der Waals surface area contributed by atoms with Crippen LogP contribution in [0.2, 0.25) is 0 Å². The Morgan fingerprint density at radius 3 is 2.58 bits per heavy atom. The number of nitrogens with one attached hydrogen (secondary N) is 1. The quantitative estimate of drug-likeness (QED) is 0.173. The fraction of sp³-hybridized carbons (Fsp3) is 0.590. The molecule has 1 aromatic carbocycles. The van der Waals surface area contributed by atoms with Crippen LogP contribution in [0.25, 0.3) is 10.9 Å². The second-order valence-electron chi connectivity index (χ2n) is 15.4. The van der Waals surface area contributed by atoms with Crippen molar-refractivity contribution >= 4 is 38.5 Å². The molecule has 2 aromatic rings. The average molecular weight is 706 g/mol. The van der Waals surface area contributed by atoms with Crippen molar-refractivity contribution in [1.82, 2.24) is 14.6 Å². The van der Waals surface area contributed by atoms with Crippen molar-refractivity contribution in [3.8, 4) is 11.5 Å². The van der Waals surface area contributed by atoms with E-state index < -0.39 is 37.7 Å². The maximum Gasteiger partial charge on any atom is 0.240 e. The molecule has 1 saturated heterocycles. The first-order valence-electron chi connectivity index (χ1n) is 18.0. The van der Waals surface area contributed by atoms with Crippen LogP contribution < -0.4 is 14.2 Å². The van der Waals surface area contributed by atoms with E-state index >= 15 is 0 Å². The van der Waals surface area contributed by atoms with Crippen molar-refractivity contribution in [2.75, 3.05) is 13.7 Å². The van der Waals surface area contributed by atoms with Crippen molar-refractivity contribution in [2.45, 2.75) is 114 Å². The van der Waals surface area contributed by atoms with Gasteiger partial charge in [-0.05, 0) is 89.3 Å².